The molecule has 5 nitrogen and oxygen atoms in total. The highest BCUT2D eigenvalue weighted by atomic mass is 16.2. The highest BCUT2D eigenvalue weighted by Gasteiger charge is 2.29. The lowest BCUT2D eigenvalue weighted by molar-refractivity contribution is -0.138. The zero-order valence-electron chi connectivity index (χ0n) is 12.8. The summed E-state index contributed by atoms with van der Waals surface area (Å²) in [5, 5.41) is 0. The number of piperazine rings is 1. The van der Waals surface area contributed by atoms with Crippen molar-refractivity contribution in [2.24, 2.45) is 0 Å². The molecule has 2 saturated heterocycles. The van der Waals surface area contributed by atoms with Crippen molar-refractivity contribution in [3.63, 3.8) is 0 Å². The second-order valence-electron chi connectivity index (χ2n) is 5.96. The molecule has 0 spiro atoms. The van der Waals surface area contributed by atoms with Crippen molar-refractivity contribution < 1.29 is 9.59 Å². The molecule has 0 aliphatic carbocycles. The maximum atomic E-state index is 12.6. The number of likely N-dealkylation sites (tertiary alicyclic amines) is 1. The van der Waals surface area contributed by atoms with Gasteiger partial charge in [-0.05, 0) is 19.8 Å². The van der Waals surface area contributed by atoms with E-state index in [1.807, 2.05) is 16.7 Å². The van der Waals surface area contributed by atoms with Crippen molar-refractivity contribution >= 4 is 11.8 Å². The minimum atomic E-state index is -0.0535. The quantitative estimate of drug-likeness (QED) is 0.757. The molecule has 0 saturated carbocycles. The summed E-state index contributed by atoms with van der Waals surface area (Å²) in [4.78, 5) is 30.0. The molecule has 2 fully saturated rings. The summed E-state index contributed by atoms with van der Waals surface area (Å²) in [6, 6.07) is -0.0535. The molecule has 2 aliphatic heterocycles. The van der Waals surface area contributed by atoms with Crippen LogP contribution in [0, 0.1) is 0 Å². The van der Waals surface area contributed by atoms with Crippen LogP contribution in [0.3, 0.4) is 0 Å². The van der Waals surface area contributed by atoms with E-state index in [1.54, 1.807) is 6.92 Å². The van der Waals surface area contributed by atoms with Crippen molar-refractivity contribution in [2.75, 3.05) is 39.3 Å². The number of carbonyl (C=O) groups is 2. The van der Waals surface area contributed by atoms with Gasteiger partial charge in [0.05, 0.1) is 6.04 Å². The van der Waals surface area contributed by atoms with Crippen molar-refractivity contribution in [3.05, 3.63) is 0 Å². The third-order valence-electron chi connectivity index (χ3n) is 4.58. The van der Waals surface area contributed by atoms with E-state index in [9.17, 15) is 9.59 Å². The molecule has 0 radical (unpaired) electrons. The Morgan fingerprint density at radius 1 is 0.800 bits per heavy atom. The first-order chi connectivity index (χ1) is 9.59. The fourth-order valence-corrected chi connectivity index (χ4v) is 3.14. The molecular weight excluding hydrogens is 254 g/mol. The van der Waals surface area contributed by atoms with Gasteiger partial charge in [0.1, 0.15) is 0 Å². The van der Waals surface area contributed by atoms with Crippen LogP contribution in [0.1, 0.15) is 39.5 Å². The van der Waals surface area contributed by atoms with Gasteiger partial charge in [0, 0.05) is 46.2 Å². The van der Waals surface area contributed by atoms with Crippen molar-refractivity contribution in [1.82, 2.24) is 14.7 Å². The van der Waals surface area contributed by atoms with Gasteiger partial charge in [0.25, 0.3) is 0 Å². The molecule has 2 heterocycles. The number of hydrogen-bond acceptors (Lipinski definition) is 3. The summed E-state index contributed by atoms with van der Waals surface area (Å²) in [6.07, 6.45) is 4.76. The van der Waals surface area contributed by atoms with Gasteiger partial charge in [0.15, 0.2) is 0 Å². The fraction of sp³-hybridized carbons (Fsp3) is 0.867. The lowest BCUT2D eigenvalue weighted by Gasteiger charge is -2.38. The highest BCUT2D eigenvalue weighted by Crippen LogP contribution is 2.14. The van der Waals surface area contributed by atoms with E-state index in [2.05, 4.69) is 4.90 Å². The zero-order chi connectivity index (χ0) is 14.5. The average Bonchev–Trinajstić information content (AvgIpc) is 2.75. The van der Waals surface area contributed by atoms with Crippen LogP contribution in [0.4, 0.5) is 0 Å². The minimum absolute atomic E-state index is 0.0535. The average molecular weight is 281 g/mol. The Labute approximate surface area is 121 Å². The maximum absolute atomic E-state index is 12.6. The standard InChI is InChI=1S/C15H27N3O2/c1-13(15(20)18-7-5-3-4-6-8-18)16-9-11-17(12-10-16)14(2)19/h13H,3-12H2,1-2H3. The number of carbonyl (C=O) groups excluding carboxylic acids is 2. The number of amides is 2. The first-order valence-electron chi connectivity index (χ1n) is 7.88. The molecule has 0 aromatic heterocycles. The molecule has 1 atom stereocenters. The van der Waals surface area contributed by atoms with Crippen LogP contribution in [0.25, 0.3) is 0 Å². The number of rotatable bonds is 2. The highest BCUT2D eigenvalue weighted by molar-refractivity contribution is 5.81. The Bertz CT molecular complexity index is 343. The molecule has 0 aromatic carbocycles. The van der Waals surface area contributed by atoms with Gasteiger partial charge in [0.2, 0.25) is 11.8 Å². The van der Waals surface area contributed by atoms with Gasteiger partial charge in [-0.2, -0.15) is 0 Å². The Kier molecular flexibility index (Phi) is 5.40. The molecule has 5 heteroatoms. The Morgan fingerprint density at radius 3 is 1.85 bits per heavy atom. The smallest absolute Gasteiger partial charge is 0.239 e. The normalized spacial score (nSPS) is 23.3. The molecule has 2 rings (SSSR count). The van der Waals surface area contributed by atoms with Crippen molar-refractivity contribution in [1.29, 1.82) is 0 Å². The van der Waals surface area contributed by atoms with Crippen LogP contribution in [0.5, 0.6) is 0 Å². The Morgan fingerprint density at radius 2 is 1.35 bits per heavy atom. The summed E-state index contributed by atoms with van der Waals surface area (Å²) in [5.74, 6) is 0.402. The summed E-state index contributed by atoms with van der Waals surface area (Å²) in [7, 11) is 0. The summed E-state index contributed by atoms with van der Waals surface area (Å²) < 4.78 is 0. The molecule has 1 unspecified atom stereocenters. The second-order valence-corrected chi connectivity index (χ2v) is 5.96. The Hall–Kier alpha value is -1.10. The van der Waals surface area contributed by atoms with Gasteiger partial charge in [-0.15, -0.1) is 0 Å². The van der Waals surface area contributed by atoms with Gasteiger partial charge in [-0.1, -0.05) is 12.8 Å². The third kappa shape index (κ3) is 3.72. The first kappa shape index (κ1) is 15.3. The minimum Gasteiger partial charge on any atom is -0.341 e. The number of nitrogens with zero attached hydrogens (tertiary/aromatic N) is 3. The number of hydrogen-bond donors (Lipinski definition) is 0. The van der Waals surface area contributed by atoms with Crippen LogP contribution in [-0.2, 0) is 9.59 Å². The predicted molar refractivity (Wildman–Crippen MR) is 78.3 cm³/mol. The fourth-order valence-electron chi connectivity index (χ4n) is 3.14. The third-order valence-corrected chi connectivity index (χ3v) is 4.58. The van der Waals surface area contributed by atoms with Gasteiger partial charge in [-0.25, -0.2) is 0 Å². The zero-order valence-corrected chi connectivity index (χ0v) is 12.8. The molecule has 2 aliphatic rings. The summed E-state index contributed by atoms with van der Waals surface area (Å²) in [6.45, 7) is 8.55. The van der Waals surface area contributed by atoms with Crippen LogP contribution in [-0.4, -0.2) is 71.8 Å². The van der Waals surface area contributed by atoms with Crippen LogP contribution >= 0.6 is 0 Å². The first-order valence-corrected chi connectivity index (χ1v) is 7.88. The molecule has 0 N–H and O–H groups in total. The van der Waals surface area contributed by atoms with Crippen LogP contribution in [0.15, 0.2) is 0 Å². The molecule has 0 aromatic rings. The molecule has 114 valence electrons. The van der Waals surface area contributed by atoms with Gasteiger partial charge < -0.3 is 9.80 Å². The topological polar surface area (TPSA) is 43.9 Å². The second kappa shape index (κ2) is 7.07. The van der Waals surface area contributed by atoms with E-state index < -0.39 is 0 Å². The van der Waals surface area contributed by atoms with E-state index in [0.717, 1.165) is 52.1 Å². The lowest BCUT2D eigenvalue weighted by atomic mass is 10.2. The Balaban J connectivity index is 1.85. The van der Waals surface area contributed by atoms with Crippen LogP contribution in [0.2, 0.25) is 0 Å². The SMILES string of the molecule is CC(=O)N1CCN(C(C)C(=O)N2CCCCCC2)CC1. The van der Waals surface area contributed by atoms with Gasteiger partial charge in [-0.3, -0.25) is 14.5 Å². The lowest BCUT2D eigenvalue weighted by Crippen LogP contribution is -2.55. The monoisotopic (exact) mass is 281 g/mol. The summed E-state index contributed by atoms with van der Waals surface area (Å²) in [5.41, 5.74) is 0. The maximum Gasteiger partial charge on any atom is 0.239 e. The van der Waals surface area contributed by atoms with Gasteiger partial charge >= 0.3 is 0 Å². The van der Waals surface area contributed by atoms with Crippen molar-refractivity contribution in [3.8, 4) is 0 Å². The largest absolute Gasteiger partial charge is 0.341 e. The van der Waals surface area contributed by atoms with Crippen molar-refractivity contribution in [2.45, 2.75) is 45.6 Å². The van der Waals surface area contributed by atoms with E-state index >= 15 is 0 Å². The van der Waals surface area contributed by atoms with E-state index in [4.69, 9.17) is 0 Å². The predicted octanol–water partition coefficient (Wildman–Crippen LogP) is 0.942. The van der Waals surface area contributed by atoms with E-state index in [1.165, 1.54) is 12.8 Å². The summed E-state index contributed by atoms with van der Waals surface area (Å²) >= 11 is 0. The molecular formula is C15H27N3O2. The molecule has 0 bridgehead atoms. The van der Waals surface area contributed by atoms with E-state index in [-0.39, 0.29) is 17.9 Å². The molecule has 20 heavy (non-hydrogen) atoms. The van der Waals surface area contributed by atoms with Crippen LogP contribution < -0.4 is 0 Å². The molecule has 2 amide bonds. The van der Waals surface area contributed by atoms with E-state index in [0.29, 0.717) is 0 Å².